The molecule has 10 heteroatoms. The molecule has 1 N–H and O–H groups in total. The Bertz CT molecular complexity index is 844. The molecular weight excluding hydrogens is 387 g/mol. The zero-order valence-electron chi connectivity index (χ0n) is 14.0. The molecule has 1 fully saturated rings. The number of amides is 2. The summed E-state index contributed by atoms with van der Waals surface area (Å²) in [5.41, 5.74) is 1.74. The average Bonchev–Trinajstić information content (AvgIpc) is 3.18. The van der Waals surface area contributed by atoms with Crippen LogP contribution in [0.15, 0.2) is 11.4 Å². The van der Waals surface area contributed by atoms with Crippen LogP contribution < -0.4 is 5.32 Å². The standard InChI is InChI=1S/C16H16F3N3O2S2/c1-8-3-11(9(2)26-8)12-6-25-15(20-12)21-14(24)10-4-13(23)22(5-10)7-16(17,18)19/h3,6,10H,4-5,7H2,1-2H3,(H,20,21,24). The summed E-state index contributed by atoms with van der Waals surface area (Å²) in [5, 5.41) is 4.81. The molecule has 0 aromatic carbocycles. The van der Waals surface area contributed by atoms with Crippen molar-refractivity contribution in [3.63, 3.8) is 0 Å². The Morgan fingerprint density at radius 3 is 2.77 bits per heavy atom. The minimum Gasteiger partial charge on any atom is -0.333 e. The number of hydrogen-bond donors (Lipinski definition) is 1. The van der Waals surface area contributed by atoms with Gasteiger partial charge in [0.2, 0.25) is 11.8 Å². The third-order valence-corrected chi connectivity index (χ3v) is 5.73. The maximum Gasteiger partial charge on any atom is 0.406 e. The smallest absolute Gasteiger partial charge is 0.333 e. The van der Waals surface area contributed by atoms with E-state index in [1.165, 1.54) is 11.3 Å². The van der Waals surface area contributed by atoms with E-state index in [1.807, 2.05) is 25.3 Å². The van der Waals surface area contributed by atoms with Gasteiger partial charge in [-0.2, -0.15) is 13.2 Å². The van der Waals surface area contributed by atoms with E-state index in [4.69, 9.17) is 0 Å². The van der Waals surface area contributed by atoms with E-state index >= 15 is 0 Å². The Labute approximate surface area is 155 Å². The molecule has 3 heterocycles. The highest BCUT2D eigenvalue weighted by atomic mass is 32.1. The normalized spacial score (nSPS) is 17.8. The van der Waals surface area contributed by atoms with Crippen molar-refractivity contribution in [2.45, 2.75) is 26.4 Å². The largest absolute Gasteiger partial charge is 0.406 e. The number of rotatable bonds is 4. The lowest BCUT2D eigenvalue weighted by molar-refractivity contribution is -0.157. The second-order valence-corrected chi connectivity index (χ2v) is 8.46. The molecule has 1 saturated heterocycles. The summed E-state index contributed by atoms with van der Waals surface area (Å²) < 4.78 is 37.4. The number of carbonyl (C=O) groups is 2. The molecule has 3 rings (SSSR count). The number of nitrogens with one attached hydrogen (secondary N) is 1. The Morgan fingerprint density at radius 2 is 2.15 bits per heavy atom. The fourth-order valence-corrected chi connectivity index (χ4v) is 4.51. The van der Waals surface area contributed by atoms with Gasteiger partial charge in [0.1, 0.15) is 6.54 Å². The highest BCUT2D eigenvalue weighted by molar-refractivity contribution is 7.14. The average molecular weight is 403 g/mol. The quantitative estimate of drug-likeness (QED) is 0.844. The summed E-state index contributed by atoms with van der Waals surface area (Å²) in [6, 6.07) is 2.02. The molecule has 2 aromatic heterocycles. The predicted octanol–water partition coefficient (Wildman–Crippen LogP) is 3.84. The van der Waals surface area contributed by atoms with Crippen molar-refractivity contribution in [2.24, 2.45) is 5.92 Å². The van der Waals surface area contributed by atoms with Crippen molar-refractivity contribution < 1.29 is 22.8 Å². The summed E-state index contributed by atoms with van der Waals surface area (Å²) in [5.74, 6) is -1.95. The second kappa shape index (κ2) is 6.99. The molecule has 0 radical (unpaired) electrons. The molecular formula is C16H16F3N3O2S2. The number of carbonyl (C=O) groups excluding carboxylic acids is 2. The van der Waals surface area contributed by atoms with Crippen LogP contribution in [-0.2, 0) is 9.59 Å². The van der Waals surface area contributed by atoms with E-state index in [2.05, 4.69) is 10.3 Å². The molecule has 1 unspecified atom stereocenters. The molecule has 1 aliphatic rings. The van der Waals surface area contributed by atoms with Gasteiger partial charge < -0.3 is 10.2 Å². The molecule has 140 valence electrons. The van der Waals surface area contributed by atoms with E-state index in [1.54, 1.807) is 11.3 Å². The number of halogens is 3. The van der Waals surface area contributed by atoms with E-state index in [0.29, 0.717) is 10.0 Å². The fraction of sp³-hybridized carbons (Fsp3) is 0.438. The van der Waals surface area contributed by atoms with Gasteiger partial charge >= 0.3 is 6.18 Å². The summed E-state index contributed by atoms with van der Waals surface area (Å²) in [4.78, 5) is 31.3. The van der Waals surface area contributed by atoms with Crippen LogP contribution >= 0.6 is 22.7 Å². The van der Waals surface area contributed by atoms with Crippen molar-refractivity contribution in [2.75, 3.05) is 18.4 Å². The van der Waals surface area contributed by atoms with Crippen molar-refractivity contribution in [3.05, 3.63) is 21.2 Å². The summed E-state index contributed by atoms with van der Waals surface area (Å²) in [6.45, 7) is 2.43. The maximum atomic E-state index is 12.5. The zero-order chi connectivity index (χ0) is 19.1. The van der Waals surface area contributed by atoms with Gasteiger partial charge in [0.15, 0.2) is 5.13 Å². The molecule has 26 heavy (non-hydrogen) atoms. The van der Waals surface area contributed by atoms with Gasteiger partial charge in [0.05, 0.1) is 11.6 Å². The van der Waals surface area contributed by atoms with Crippen LogP contribution in [0.4, 0.5) is 18.3 Å². The minimum atomic E-state index is -4.47. The summed E-state index contributed by atoms with van der Waals surface area (Å²) >= 11 is 2.90. The predicted molar refractivity (Wildman–Crippen MR) is 94.3 cm³/mol. The SMILES string of the molecule is Cc1cc(-c2csc(NC(=O)C3CC(=O)N(CC(F)(F)F)C3)n2)c(C)s1. The number of aryl methyl sites for hydroxylation is 2. The minimum absolute atomic E-state index is 0.219. The highest BCUT2D eigenvalue weighted by Gasteiger charge is 2.40. The number of alkyl halides is 3. The van der Waals surface area contributed by atoms with Crippen LogP contribution in [0.3, 0.4) is 0 Å². The maximum absolute atomic E-state index is 12.5. The lowest BCUT2D eigenvalue weighted by Crippen LogP contribution is -2.36. The van der Waals surface area contributed by atoms with Crippen molar-refractivity contribution in [1.82, 2.24) is 9.88 Å². The van der Waals surface area contributed by atoms with E-state index in [0.717, 1.165) is 21.0 Å². The highest BCUT2D eigenvalue weighted by Crippen LogP contribution is 2.33. The molecule has 1 aliphatic heterocycles. The first kappa shape index (κ1) is 18.8. The van der Waals surface area contributed by atoms with Gasteiger partial charge in [-0.3, -0.25) is 9.59 Å². The van der Waals surface area contributed by atoms with Crippen LogP contribution in [0.5, 0.6) is 0 Å². The van der Waals surface area contributed by atoms with Crippen LogP contribution in [0.2, 0.25) is 0 Å². The Morgan fingerprint density at radius 1 is 1.42 bits per heavy atom. The van der Waals surface area contributed by atoms with Gasteiger partial charge in [0.25, 0.3) is 0 Å². The Balaban J connectivity index is 1.64. The van der Waals surface area contributed by atoms with Crippen LogP contribution in [-0.4, -0.2) is 41.0 Å². The molecule has 0 aliphatic carbocycles. The first-order valence-electron chi connectivity index (χ1n) is 7.80. The topological polar surface area (TPSA) is 62.3 Å². The Hall–Kier alpha value is -1.94. The lowest BCUT2D eigenvalue weighted by Gasteiger charge is -2.18. The first-order valence-corrected chi connectivity index (χ1v) is 9.50. The number of thiophene rings is 1. The molecule has 0 saturated carbocycles. The molecule has 5 nitrogen and oxygen atoms in total. The summed E-state index contributed by atoms with van der Waals surface area (Å²) in [7, 11) is 0. The number of thiazole rings is 1. The van der Waals surface area contributed by atoms with Crippen LogP contribution in [0, 0.1) is 19.8 Å². The third kappa shape index (κ3) is 4.24. The van der Waals surface area contributed by atoms with Crippen LogP contribution in [0.25, 0.3) is 11.3 Å². The Kier molecular flexibility index (Phi) is 5.07. The molecule has 2 amide bonds. The number of nitrogens with zero attached hydrogens (tertiary/aromatic N) is 2. The van der Waals surface area contributed by atoms with E-state index < -0.39 is 30.5 Å². The monoisotopic (exact) mass is 403 g/mol. The third-order valence-electron chi connectivity index (χ3n) is 4.01. The summed E-state index contributed by atoms with van der Waals surface area (Å²) in [6.07, 6.45) is -4.69. The van der Waals surface area contributed by atoms with Crippen molar-refractivity contribution >= 4 is 39.6 Å². The van der Waals surface area contributed by atoms with Gasteiger partial charge in [0, 0.05) is 33.7 Å². The van der Waals surface area contributed by atoms with Crippen molar-refractivity contribution in [1.29, 1.82) is 0 Å². The van der Waals surface area contributed by atoms with Gasteiger partial charge in [-0.05, 0) is 19.9 Å². The van der Waals surface area contributed by atoms with Gasteiger partial charge in [-0.25, -0.2) is 4.98 Å². The first-order chi connectivity index (χ1) is 12.1. The zero-order valence-corrected chi connectivity index (χ0v) is 15.6. The van der Waals surface area contributed by atoms with E-state index in [9.17, 15) is 22.8 Å². The van der Waals surface area contributed by atoms with Gasteiger partial charge in [-0.15, -0.1) is 22.7 Å². The van der Waals surface area contributed by atoms with Crippen LogP contribution in [0.1, 0.15) is 16.2 Å². The number of anilines is 1. The number of hydrogen-bond acceptors (Lipinski definition) is 5. The molecule has 0 bridgehead atoms. The molecule has 1 atom stereocenters. The second-order valence-electron chi connectivity index (χ2n) is 6.14. The number of likely N-dealkylation sites (tertiary alicyclic amines) is 1. The van der Waals surface area contributed by atoms with Gasteiger partial charge in [-0.1, -0.05) is 0 Å². The fourth-order valence-electron chi connectivity index (χ4n) is 2.86. The van der Waals surface area contributed by atoms with E-state index in [-0.39, 0.29) is 13.0 Å². The number of aromatic nitrogens is 1. The lowest BCUT2D eigenvalue weighted by atomic mass is 10.1. The molecule has 2 aromatic rings. The molecule has 0 spiro atoms. The van der Waals surface area contributed by atoms with Crippen molar-refractivity contribution in [3.8, 4) is 11.3 Å².